The van der Waals surface area contributed by atoms with Gasteiger partial charge in [-0.3, -0.25) is 9.89 Å². The highest BCUT2D eigenvalue weighted by Gasteiger charge is 2.19. The Hall–Kier alpha value is -1.59. The van der Waals surface area contributed by atoms with E-state index in [0.717, 1.165) is 0 Å². The maximum absolute atomic E-state index is 10.7. The minimum Gasteiger partial charge on any atom is -0.480 e. The smallest absolute Gasteiger partial charge is 0.326 e. The SMILES string of the molecule is NC(C(=O)O)c1[nH]nc2cc(Cl)ccc12. The van der Waals surface area contributed by atoms with Gasteiger partial charge in [0.2, 0.25) is 0 Å². The Morgan fingerprint density at radius 3 is 3.00 bits per heavy atom. The molecule has 1 aromatic carbocycles. The molecule has 15 heavy (non-hydrogen) atoms. The molecule has 0 radical (unpaired) electrons. The summed E-state index contributed by atoms with van der Waals surface area (Å²) in [5, 5.41) is 16.5. The first-order valence-electron chi connectivity index (χ1n) is 4.21. The molecule has 0 bridgehead atoms. The van der Waals surface area contributed by atoms with E-state index in [0.29, 0.717) is 21.6 Å². The number of nitrogens with zero attached hydrogens (tertiary/aromatic N) is 1. The van der Waals surface area contributed by atoms with Crippen molar-refractivity contribution >= 4 is 28.5 Å². The topological polar surface area (TPSA) is 92.0 Å². The van der Waals surface area contributed by atoms with Crippen LogP contribution in [-0.2, 0) is 4.79 Å². The van der Waals surface area contributed by atoms with E-state index < -0.39 is 12.0 Å². The summed E-state index contributed by atoms with van der Waals surface area (Å²) < 4.78 is 0. The lowest BCUT2D eigenvalue weighted by molar-refractivity contribution is -0.138. The zero-order valence-corrected chi connectivity index (χ0v) is 8.32. The van der Waals surface area contributed by atoms with E-state index >= 15 is 0 Å². The number of aliphatic carboxylic acids is 1. The van der Waals surface area contributed by atoms with Crippen LogP contribution in [0.5, 0.6) is 0 Å². The summed E-state index contributed by atoms with van der Waals surface area (Å²) in [5.74, 6) is -1.10. The van der Waals surface area contributed by atoms with Crippen LogP contribution in [0.25, 0.3) is 10.9 Å². The van der Waals surface area contributed by atoms with E-state index in [1.807, 2.05) is 0 Å². The van der Waals surface area contributed by atoms with Crippen LogP contribution in [0.15, 0.2) is 18.2 Å². The van der Waals surface area contributed by atoms with E-state index in [2.05, 4.69) is 10.2 Å². The standard InChI is InChI=1S/C9H8ClN3O2/c10-4-1-2-5-6(3-4)12-13-8(5)7(11)9(14)15/h1-3,7H,11H2,(H,12,13)(H,14,15). The van der Waals surface area contributed by atoms with Crippen molar-refractivity contribution in [3.8, 4) is 0 Å². The predicted octanol–water partition coefficient (Wildman–Crippen LogP) is 1.30. The van der Waals surface area contributed by atoms with Crippen molar-refractivity contribution in [3.05, 3.63) is 28.9 Å². The van der Waals surface area contributed by atoms with Crippen LogP contribution in [0.3, 0.4) is 0 Å². The second kappa shape index (κ2) is 3.52. The average Bonchev–Trinajstić information content (AvgIpc) is 2.59. The van der Waals surface area contributed by atoms with Gasteiger partial charge in [-0.05, 0) is 18.2 Å². The zero-order chi connectivity index (χ0) is 11.0. The number of nitrogens with two attached hydrogens (primary N) is 1. The maximum Gasteiger partial charge on any atom is 0.326 e. The van der Waals surface area contributed by atoms with Crippen molar-refractivity contribution in [1.82, 2.24) is 10.2 Å². The van der Waals surface area contributed by atoms with Crippen LogP contribution in [0.1, 0.15) is 11.7 Å². The molecular formula is C9H8ClN3O2. The summed E-state index contributed by atoms with van der Waals surface area (Å²) in [4.78, 5) is 10.7. The number of carboxylic acid groups (broad SMARTS) is 1. The number of benzene rings is 1. The van der Waals surface area contributed by atoms with Gasteiger partial charge >= 0.3 is 5.97 Å². The second-order valence-corrected chi connectivity index (χ2v) is 3.55. The summed E-state index contributed by atoms with van der Waals surface area (Å²) in [6.45, 7) is 0. The highest BCUT2D eigenvalue weighted by molar-refractivity contribution is 6.31. The Kier molecular flexibility index (Phi) is 2.34. The van der Waals surface area contributed by atoms with Crippen molar-refractivity contribution in [3.63, 3.8) is 0 Å². The van der Waals surface area contributed by atoms with Gasteiger partial charge in [-0.2, -0.15) is 5.10 Å². The summed E-state index contributed by atoms with van der Waals surface area (Å²) in [5.41, 5.74) is 6.47. The van der Waals surface area contributed by atoms with Crippen LogP contribution in [-0.4, -0.2) is 21.3 Å². The monoisotopic (exact) mass is 225 g/mol. The Morgan fingerprint density at radius 2 is 2.33 bits per heavy atom. The number of H-pyrrole nitrogens is 1. The highest BCUT2D eigenvalue weighted by atomic mass is 35.5. The number of aromatic amines is 1. The first kappa shape index (κ1) is 9.95. The van der Waals surface area contributed by atoms with Gasteiger partial charge in [0, 0.05) is 10.4 Å². The fraction of sp³-hybridized carbons (Fsp3) is 0.111. The van der Waals surface area contributed by atoms with Crippen LogP contribution >= 0.6 is 11.6 Å². The lowest BCUT2D eigenvalue weighted by atomic mass is 10.1. The number of carboxylic acids is 1. The number of carbonyl (C=O) groups is 1. The predicted molar refractivity (Wildman–Crippen MR) is 55.7 cm³/mol. The van der Waals surface area contributed by atoms with Crippen molar-refractivity contribution < 1.29 is 9.90 Å². The number of rotatable bonds is 2. The van der Waals surface area contributed by atoms with Gasteiger partial charge in [0.1, 0.15) is 6.04 Å². The van der Waals surface area contributed by atoms with Crippen molar-refractivity contribution in [2.75, 3.05) is 0 Å². The van der Waals surface area contributed by atoms with Crippen LogP contribution < -0.4 is 5.73 Å². The third kappa shape index (κ3) is 1.67. The van der Waals surface area contributed by atoms with Gasteiger partial charge in [0.25, 0.3) is 0 Å². The molecule has 0 fully saturated rings. The number of fused-ring (bicyclic) bond motifs is 1. The molecular weight excluding hydrogens is 218 g/mol. The van der Waals surface area contributed by atoms with Gasteiger partial charge in [-0.25, -0.2) is 0 Å². The number of aromatic nitrogens is 2. The average molecular weight is 226 g/mol. The molecule has 0 aliphatic carbocycles. The van der Waals surface area contributed by atoms with E-state index in [-0.39, 0.29) is 0 Å². The Bertz CT molecular complexity index is 523. The number of nitrogens with one attached hydrogen (secondary N) is 1. The largest absolute Gasteiger partial charge is 0.480 e. The molecule has 2 rings (SSSR count). The lowest BCUT2D eigenvalue weighted by Gasteiger charge is -2.03. The molecule has 78 valence electrons. The lowest BCUT2D eigenvalue weighted by Crippen LogP contribution is -2.21. The molecule has 0 aliphatic rings. The Morgan fingerprint density at radius 1 is 1.60 bits per heavy atom. The normalized spacial score (nSPS) is 12.9. The molecule has 5 nitrogen and oxygen atoms in total. The van der Waals surface area contributed by atoms with Crippen LogP contribution in [0.4, 0.5) is 0 Å². The molecule has 1 unspecified atom stereocenters. The van der Waals surface area contributed by atoms with Crippen LogP contribution in [0.2, 0.25) is 5.02 Å². The van der Waals surface area contributed by atoms with Gasteiger partial charge in [0.15, 0.2) is 0 Å². The van der Waals surface area contributed by atoms with E-state index in [1.54, 1.807) is 18.2 Å². The molecule has 1 aromatic heterocycles. The number of halogens is 1. The van der Waals surface area contributed by atoms with E-state index in [1.165, 1.54) is 0 Å². The Balaban J connectivity index is 2.59. The zero-order valence-electron chi connectivity index (χ0n) is 7.57. The summed E-state index contributed by atoms with van der Waals surface area (Å²) in [6.07, 6.45) is 0. The quantitative estimate of drug-likeness (QED) is 0.718. The first-order chi connectivity index (χ1) is 7.09. The fourth-order valence-corrected chi connectivity index (χ4v) is 1.53. The fourth-order valence-electron chi connectivity index (χ4n) is 1.37. The third-order valence-electron chi connectivity index (χ3n) is 2.12. The minimum absolute atomic E-state index is 0.383. The van der Waals surface area contributed by atoms with Crippen LogP contribution in [0, 0.1) is 0 Å². The number of hydrogen-bond acceptors (Lipinski definition) is 3. The number of hydrogen-bond donors (Lipinski definition) is 3. The molecule has 2 aromatic rings. The van der Waals surface area contributed by atoms with Gasteiger partial charge in [0.05, 0.1) is 11.2 Å². The minimum atomic E-state index is -1.10. The third-order valence-corrected chi connectivity index (χ3v) is 2.36. The molecule has 0 spiro atoms. The van der Waals surface area contributed by atoms with Crippen molar-refractivity contribution in [2.24, 2.45) is 5.73 Å². The van der Waals surface area contributed by atoms with Crippen molar-refractivity contribution in [1.29, 1.82) is 0 Å². The van der Waals surface area contributed by atoms with E-state index in [9.17, 15) is 4.79 Å². The second-order valence-electron chi connectivity index (χ2n) is 3.11. The highest BCUT2D eigenvalue weighted by Crippen LogP contribution is 2.23. The molecule has 0 aliphatic heterocycles. The Labute approximate surface area is 89.8 Å². The van der Waals surface area contributed by atoms with Gasteiger partial charge in [-0.1, -0.05) is 11.6 Å². The summed E-state index contributed by atoms with van der Waals surface area (Å²) in [6, 6.07) is 3.90. The molecule has 0 saturated heterocycles. The molecule has 6 heteroatoms. The van der Waals surface area contributed by atoms with Crippen molar-refractivity contribution in [2.45, 2.75) is 6.04 Å². The summed E-state index contributed by atoms with van der Waals surface area (Å²) >= 11 is 5.77. The maximum atomic E-state index is 10.7. The summed E-state index contributed by atoms with van der Waals surface area (Å²) in [7, 11) is 0. The first-order valence-corrected chi connectivity index (χ1v) is 4.59. The molecule has 1 heterocycles. The molecule has 4 N–H and O–H groups in total. The molecule has 1 atom stereocenters. The molecule has 0 saturated carbocycles. The molecule has 0 amide bonds. The van der Waals surface area contributed by atoms with Gasteiger partial charge < -0.3 is 10.8 Å². The van der Waals surface area contributed by atoms with E-state index in [4.69, 9.17) is 22.4 Å². The van der Waals surface area contributed by atoms with Gasteiger partial charge in [-0.15, -0.1) is 0 Å².